The summed E-state index contributed by atoms with van der Waals surface area (Å²) in [4.78, 5) is 5.43. The first-order valence-corrected chi connectivity index (χ1v) is 6.61. The van der Waals surface area contributed by atoms with Crippen LogP contribution in [-0.2, 0) is 6.54 Å². The minimum atomic E-state index is 0.819. The van der Waals surface area contributed by atoms with Gasteiger partial charge in [0.2, 0.25) is 0 Å². The summed E-state index contributed by atoms with van der Waals surface area (Å²) < 4.78 is 1.14. The fourth-order valence-corrected chi connectivity index (χ4v) is 2.47. The van der Waals surface area contributed by atoms with Gasteiger partial charge in [0.25, 0.3) is 0 Å². The van der Waals surface area contributed by atoms with Crippen molar-refractivity contribution in [2.45, 2.75) is 19.9 Å². The molecule has 15 heavy (non-hydrogen) atoms. The number of halogens is 1. The van der Waals surface area contributed by atoms with Gasteiger partial charge >= 0.3 is 0 Å². The first kappa shape index (κ1) is 12.5. The smallest absolute Gasteiger partial charge is 0.191 e. The van der Waals surface area contributed by atoms with Crippen LogP contribution in [0.3, 0.4) is 0 Å². The molecule has 0 amide bonds. The Kier molecular flexibility index (Phi) is 5.71. The van der Waals surface area contributed by atoms with Crippen molar-refractivity contribution < 1.29 is 0 Å². The molecule has 0 aliphatic rings. The van der Waals surface area contributed by atoms with Crippen LogP contribution in [0.5, 0.6) is 0 Å². The Morgan fingerprint density at radius 1 is 1.53 bits per heavy atom. The first-order chi connectivity index (χ1) is 7.26. The van der Waals surface area contributed by atoms with Crippen LogP contribution >= 0.6 is 27.3 Å². The van der Waals surface area contributed by atoms with Crippen LogP contribution < -0.4 is 10.6 Å². The van der Waals surface area contributed by atoms with Gasteiger partial charge in [0.1, 0.15) is 0 Å². The molecule has 1 heterocycles. The Balaban J connectivity index is 2.34. The lowest BCUT2D eigenvalue weighted by molar-refractivity contribution is 0.785. The molecule has 0 atom stereocenters. The average Bonchev–Trinajstić information content (AvgIpc) is 2.65. The highest BCUT2D eigenvalue weighted by Gasteiger charge is 1.99. The van der Waals surface area contributed by atoms with E-state index in [1.54, 1.807) is 18.4 Å². The van der Waals surface area contributed by atoms with Gasteiger partial charge in [0, 0.05) is 28.3 Å². The maximum Gasteiger partial charge on any atom is 0.191 e. The summed E-state index contributed by atoms with van der Waals surface area (Å²) in [6.07, 6.45) is 1.10. The second kappa shape index (κ2) is 6.85. The molecule has 0 aromatic carbocycles. The summed E-state index contributed by atoms with van der Waals surface area (Å²) in [5.74, 6) is 0.862. The van der Waals surface area contributed by atoms with Crippen molar-refractivity contribution in [1.29, 1.82) is 0 Å². The van der Waals surface area contributed by atoms with E-state index in [0.717, 1.165) is 29.9 Å². The Bertz CT molecular complexity index is 322. The molecule has 0 unspecified atom stereocenters. The maximum atomic E-state index is 4.13. The summed E-state index contributed by atoms with van der Waals surface area (Å²) in [5.41, 5.74) is 0. The number of thiophene rings is 1. The SMILES string of the molecule is CCCNC(=NC)NCc1cc(Br)cs1. The lowest BCUT2D eigenvalue weighted by Gasteiger charge is -2.09. The molecule has 0 aliphatic carbocycles. The quantitative estimate of drug-likeness (QED) is 0.660. The minimum Gasteiger partial charge on any atom is -0.356 e. The molecule has 5 heteroatoms. The number of guanidine groups is 1. The van der Waals surface area contributed by atoms with Crippen molar-refractivity contribution in [3.05, 3.63) is 20.8 Å². The van der Waals surface area contributed by atoms with Crippen molar-refractivity contribution in [3.8, 4) is 0 Å². The zero-order valence-corrected chi connectivity index (χ0v) is 11.4. The standard InChI is InChI=1S/C10H16BrN3S/c1-3-4-13-10(12-2)14-6-9-5-8(11)7-15-9/h5,7H,3-4,6H2,1-2H3,(H2,12,13,14). The van der Waals surface area contributed by atoms with Gasteiger partial charge in [-0.2, -0.15) is 0 Å². The van der Waals surface area contributed by atoms with Gasteiger partial charge in [-0.05, 0) is 28.4 Å². The van der Waals surface area contributed by atoms with Gasteiger partial charge in [0.15, 0.2) is 5.96 Å². The predicted molar refractivity (Wildman–Crippen MR) is 70.5 cm³/mol. The van der Waals surface area contributed by atoms with E-state index in [2.05, 4.69) is 49.9 Å². The summed E-state index contributed by atoms with van der Waals surface area (Å²) in [6, 6.07) is 2.12. The number of rotatable bonds is 4. The summed E-state index contributed by atoms with van der Waals surface area (Å²) >= 11 is 5.17. The van der Waals surface area contributed by atoms with Crippen LogP contribution in [0.15, 0.2) is 20.9 Å². The summed E-state index contributed by atoms with van der Waals surface area (Å²) in [5, 5.41) is 8.57. The van der Waals surface area contributed by atoms with Crippen LogP contribution in [0.4, 0.5) is 0 Å². The average molecular weight is 290 g/mol. The van der Waals surface area contributed by atoms with E-state index in [4.69, 9.17) is 0 Å². The second-order valence-corrected chi connectivity index (χ2v) is 5.00. The highest BCUT2D eigenvalue weighted by atomic mass is 79.9. The van der Waals surface area contributed by atoms with Gasteiger partial charge in [0.05, 0.1) is 6.54 Å². The highest BCUT2D eigenvalue weighted by molar-refractivity contribution is 9.10. The summed E-state index contributed by atoms with van der Waals surface area (Å²) in [7, 11) is 1.79. The number of hydrogen-bond donors (Lipinski definition) is 2. The Morgan fingerprint density at radius 2 is 2.33 bits per heavy atom. The molecule has 0 radical (unpaired) electrons. The van der Waals surface area contributed by atoms with Crippen molar-refractivity contribution in [2.75, 3.05) is 13.6 Å². The van der Waals surface area contributed by atoms with Crippen molar-refractivity contribution in [1.82, 2.24) is 10.6 Å². The fourth-order valence-electron chi connectivity index (χ4n) is 1.08. The van der Waals surface area contributed by atoms with E-state index in [0.29, 0.717) is 0 Å². The van der Waals surface area contributed by atoms with Crippen LogP contribution in [0.2, 0.25) is 0 Å². The third kappa shape index (κ3) is 4.66. The van der Waals surface area contributed by atoms with E-state index in [9.17, 15) is 0 Å². The van der Waals surface area contributed by atoms with Crippen LogP contribution in [0.25, 0.3) is 0 Å². The molecule has 1 aromatic rings. The number of nitrogens with one attached hydrogen (secondary N) is 2. The van der Waals surface area contributed by atoms with Gasteiger partial charge in [-0.3, -0.25) is 4.99 Å². The third-order valence-electron chi connectivity index (χ3n) is 1.82. The molecule has 0 saturated carbocycles. The molecule has 0 fully saturated rings. The van der Waals surface area contributed by atoms with E-state index < -0.39 is 0 Å². The molecule has 84 valence electrons. The van der Waals surface area contributed by atoms with Gasteiger partial charge in [-0.15, -0.1) is 11.3 Å². The van der Waals surface area contributed by atoms with Crippen LogP contribution in [0.1, 0.15) is 18.2 Å². The van der Waals surface area contributed by atoms with Crippen molar-refractivity contribution >= 4 is 33.2 Å². The number of hydrogen-bond acceptors (Lipinski definition) is 2. The van der Waals surface area contributed by atoms with Crippen molar-refractivity contribution in [2.24, 2.45) is 4.99 Å². The van der Waals surface area contributed by atoms with Crippen LogP contribution in [0, 0.1) is 0 Å². The van der Waals surface area contributed by atoms with Gasteiger partial charge in [-0.1, -0.05) is 6.92 Å². The highest BCUT2D eigenvalue weighted by Crippen LogP contribution is 2.19. The summed E-state index contributed by atoms with van der Waals surface area (Å²) in [6.45, 7) is 3.91. The van der Waals surface area contributed by atoms with Gasteiger partial charge in [-0.25, -0.2) is 0 Å². The Morgan fingerprint density at radius 3 is 2.87 bits per heavy atom. The minimum absolute atomic E-state index is 0.819. The van der Waals surface area contributed by atoms with Gasteiger partial charge < -0.3 is 10.6 Å². The molecular weight excluding hydrogens is 274 g/mol. The molecule has 0 bridgehead atoms. The molecule has 0 saturated heterocycles. The van der Waals surface area contributed by atoms with E-state index in [-0.39, 0.29) is 0 Å². The monoisotopic (exact) mass is 289 g/mol. The predicted octanol–water partition coefficient (Wildman–Crippen LogP) is 2.59. The Hall–Kier alpha value is -0.550. The zero-order chi connectivity index (χ0) is 11.1. The molecule has 2 N–H and O–H groups in total. The number of aliphatic imine (C=N–C) groups is 1. The first-order valence-electron chi connectivity index (χ1n) is 4.93. The third-order valence-corrected chi connectivity index (χ3v) is 3.52. The molecule has 0 aliphatic heterocycles. The van der Waals surface area contributed by atoms with E-state index >= 15 is 0 Å². The zero-order valence-electron chi connectivity index (χ0n) is 9.01. The second-order valence-electron chi connectivity index (χ2n) is 3.08. The molecule has 1 aromatic heterocycles. The fraction of sp³-hybridized carbons (Fsp3) is 0.500. The van der Waals surface area contributed by atoms with E-state index in [1.807, 2.05) is 0 Å². The molecule has 0 spiro atoms. The molecule has 3 nitrogen and oxygen atoms in total. The number of nitrogens with zero attached hydrogens (tertiary/aromatic N) is 1. The molecule has 1 rings (SSSR count). The lowest BCUT2D eigenvalue weighted by atomic mass is 10.4. The van der Waals surface area contributed by atoms with Crippen LogP contribution in [-0.4, -0.2) is 19.6 Å². The lowest BCUT2D eigenvalue weighted by Crippen LogP contribution is -2.36. The maximum absolute atomic E-state index is 4.13. The Labute approximate surface area is 103 Å². The molecular formula is C10H16BrN3S. The van der Waals surface area contributed by atoms with E-state index in [1.165, 1.54) is 4.88 Å². The largest absolute Gasteiger partial charge is 0.356 e. The topological polar surface area (TPSA) is 36.4 Å². The van der Waals surface area contributed by atoms with Crippen molar-refractivity contribution in [3.63, 3.8) is 0 Å². The normalized spacial score (nSPS) is 11.5.